The average Bonchev–Trinajstić information content (AvgIpc) is 3.10. The highest BCUT2D eigenvalue weighted by molar-refractivity contribution is 6.09. The number of esters is 1. The number of aromatic carboxylic acids is 1. The van der Waals surface area contributed by atoms with Gasteiger partial charge in [-0.05, 0) is 48.7 Å². The van der Waals surface area contributed by atoms with E-state index in [1.165, 1.54) is 6.07 Å². The molecule has 9 nitrogen and oxygen atoms in total. The van der Waals surface area contributed by atoms with E-state index in [-0.39, 0.29) is 36.6 Å². The van der Waals surface area contributed by atoms with Gasteiger partial charge >= 0.3 is 5.97 Å². The lowest BCUT2D eigenvalue weighted by molar-refractivity contribution is -0.254. The van der Waals surface area contributed by atoms with Gasteiger partial charge in [0.05, 0.1) is 12.0 Å². The molecule has 5 rings (SSSR count). The quantitative estimate of drug-likeness (QED) is 0.0347. The van der Waals surface area contributed by atoms with E-state index in [1.807, 2.05) is 74.1 Å². The molecule has 0 fully saturated rings. The summed E-state index contributed by atoms with van der Waals surface area (Å²) in [5, 5.41) is 16.8. The summed E-state index contributed by atoms with van der Waals surface area (Å²) in [7, 11) is 7.62. The first-order valence-electron chi connectivity index (χ1n) is 16.1. The predicted octanol–water partition coefficient (Wildman–Crippen LogP) is 5.51. The predicted molar refractivity (Wildman–Crippen MR) is 181 cm³/mol. The summed E-state index contributed by atoms with van der Waals surface area (Å²) in [6.45, 7) is 0.239. The number of nitrogens with zero attached hydrogens (tertiary/aromatic N) is 2. The van der Waals surface area contributed by atoms with Crippen LogP contribution in [-0.2, 0) is 4.79 Å². The van der Waals surface area contributed by atoms with Crippen molar-refractivity contribution >= 4 is 34.5 Å². The fraction of sp³-hybridized carbons (Fsp3) is 0.263. The number of carbonyl (C=O) groups is 3. The monoisotopic (exact) mass is 705 g/mol. The fourth-order valence-electron chi connectivity index (χ4n) is 5.64. The van der Waals surface area contributed by atoms with Gasteiger partial charge in [0.15, 0.2) is 11.6 Å². The minimum Gasteiger partial charge on any atom is -0.545 e. The lowest BCUT2D eigenvalue weighted by Crippen LogP contribution is -2.27. The second-order valence-electron chi connectivity index (χ2n) is 12.4. The smallest absolute Gasteiger partial charge is 0.311 e. The number of amides is 1. The van der Waals surface area contributed by atoms with Crippen molar-refractivity contribution in [1.29, 1.82) is 0 Å². The summed E-state index contributed by atoms with van der Waals surface area (Å²) < 4.78 is 66.9. The van der Waals surface area contributed by atoms with Crippen LogP contribution in [0.3, 0.4) is 0 Å². The molecule has 3 aromatic rings. The van der Waals surface area contributed by atoms with Crippen molar-refractivity contribution in [2.45, 2.75) is 32.1 Å². The van der Waals surface area contributed by atoms with E-state index in [0.717, 1.165) is 11.0 Å². The largest absolute Gasteiger partial charge is 0.545 e. The standard InChI is InChI=1S/C38H35F4N3O6/c1-44(2)22-11-14-25-30(18-22)50-31-19-23(45(3)4)12-15-26(31)33(25)24-13-10-21(17-27(24)38(48)49)37(47)43-16-8-6-5-7-9-32(46)51-36-34(41)28(39)20-29(40)35(36)42/h10-15,17-20H,5-9,16H2,1-4H3,(H-,43,47,48,49). The number of carbonyl (C=O) groups excluding carboxylic acids is 3. The van der Waals surface area contributed by atoms with Gasteiger partial charge in [0, 0.05) is 78.6 Å². The van der Waals surface area contributed by atoms with Crippen molar-refractivity contribution in [3.63, 3.8) is 0 Å². The second-order valence-corrected chi connectivity index (χ2v) is 12.4. The van der Waals surface area contributed by atoms with E-state index in [9.17, 15) is 37.1 Å². The van der Waals surface area contributed by atoms with Crippen LogP contribution in [0.25, 0.3) is 33.4 Å². The third kappa shape index (κ3) is 8.03. The van der Waals surface area contributed by atoms with Crippen LogP contribution in [-0.4, -0.2) is 52.6 Å². The lowest BCUT2D eigenvalue weighted by atomic mass is 9.89. The zero-order valence-corrected chi connectivity index (χ0v) is 28.4. The Labute approximate surface area is 290 Å². The SMILES string of the molecule is CN(C)c1ccc2c(-c3ccc(C(=O)NCCCCCCC(=O)Oc4c(F)c(F)cc(F)c4F)cc3C(=O)[O-])c3ccc(=[N+](C)C)cc-3oc2c1. The molecule has 3 aromatic carbocycles. The van der Waals surface area contributed by atoms with Gasteiger partial charge in [-0.25, -0.2) is 13.4 Å². The molecule has 0 bridgehead atoms. The average molecular weight is 706 g/mol. The maximum Gasteiger partial charge on any atom is 0.311 e. The molecule has 1 aliphatic heterocycles. The molecule has 0 radical (unpaired) electrons. The zero-order chi connectivity index (χ0) is 37.0. The number of fused-ring (bicyclic) bond motifs is 2. The maximum absolute atomic E-state index is 13.7. The number of unbranched alkanes of at least 4 members (excludes halogenated alkanes) is 3. The van der Waals surface area contributed by atoms with E-state index in [1.54, 1.807) is 12.1 Å². The number of nitrogens with one attached hydrogen (secondary N) is 1. The van der Waals surface area contributed by atoms with Crippen LogP contribution in [0.5, 0.6) is 5.75 Å². The molecule has 1 aliphatic carbocycles. The molecule has 0 saturated heterocycles. The Morgan fingerprint density at radius 2 is 1.53 bits per heavy atom. The van der Waals surface area contributed by atoms with Crippen molar-refractivity contribution in [2.24, 2.45) is 0 Å². The molecule has 1 amide bonds. The summed E-state index contributed by atoms with van der Waals surface area (Å²) in [6.07, 6.45) is 1.54. The molecule has 0 unspecified atom stereocenters. The molecule has 1 heterocycles. The highest BCUT2D eigenvalue weighted by Crippen LogP contribution is 2.42. The van der Waals surface area contributed by atoms with Gasteiger partial charge in [0.25, 0.3) is 5.91 Å². The minimum absolute atomic E-state index is 0.0180. The Hall–Kier alpha value is -5.72. The van der Waals surface area contributed by atoms with Gasteiger partial charge in [-0.15, -0.1) is 0 Å². The summed E-state index contributed by atoms with van der Waals surface area (Å²) in [5.41, 5.74) is 3.05. The minimum atomic E-state index is -1.80. The summed E-state index contributed by atoms with van der Waals surface area (Å²) in [5.74, 6) is -10.8. The molecule has 0 saturated carbocycles. The van der Waals surface area contributed by atoms with Crippen LogP contribution >= 0.6 is 0 Å². The van der Waals surface area contributed by atoms with Gasteiger partial charge < -0.3 is 29.3 Å². The Morgan fingerprint density at radius 1 is 0.843 bits per heavy atom. The van der Waals surface area contributed by atoms with Crippen LogP contribution in [0, 0.1) is 23.3 Å². The molecule has 0 aromatic heterocycles. The molecule has 51 heavy (non-hydrogen) atoms. The van der Waals surface area contributed by atoms with Crippen LogP contribution in [0.4, 0.5) is 23.2 Å². The Morgan fingerprint density at radius 3 is 2.20 bits per heavy atom. The highest BCUT2D eigenvalue weighted by atomic mass is 19.2. The first-order valence-corrected chi connectivity index (χ1v) is 16.1. The van der Waals surface area contributed by atoms with Crippen molar-refractivity contribution in [3.8, 4) is 28.2 Å². The van der Waals surface area contributed by atoms with Gasteiger partial charge in [-0.2, -0.15) is 8.78 Å². The normalized spacial score (nSPS) is 11.1. The third-order valence-corrected chi connectivity index (χ3v) is 8.37. The second kappa shape index (κ2) is 15.4. The van der Waals surface area contributed by atoms with Crippen molar-refractivity contribution in [1.82, 2.24) is 9.89 Å². The number of benzene rings is 4. The number of hydrogen-bond acceptors (Lipinski definition) is 7. The molecular weight excluding hydrogens is 670 g/mol. The van der Waals surface area contributed by atoms with Gasteiger partial charge in [-0.1, -0.05) is 18.9 Å². The van der Waals surface area contributed by atoms with Crippen LogP contribution in [0.1, 0.15) is 52.8 Å². The number of carboxylic acid groups (broad SMARTS) is 1. The molecule has 13 heteroatoms. The van der Waals surface area contributed by atoms with Gasteiger partial charge in [-0.3, -0.25) is 9.59 Å². The van der Waals surface area contributed by atoms with Crippen LogP contribution < -0.4 is 30.0 Å². The molecular formula is C38H35F4N3O6. The Balaban J connectivity index is 1.26. The third-order valence-electron chi connectivity index (χ3n) is 8.37. The van der Waals surface area contributed by atoms with E-state index >= 15 is 0 Å². The van der Waals surface area contributed by atoms with E-state index < -0.39 is 46.9 Å². The van der Waals surface area contributed by atoms with Crippen LogP contribution in [0.15, 0.2) is 65.1 Å². The van der Waals surface area contributed by atoms with E-state index in [4.69, 9.17) is 4.42 Å². The molecule has 2 aliphatic rings. The fourth-order valence-corrected chi connectivity index (χ4v) is 5.64. The summed E-state index contributed by atoms with van der Waals surface area (Å²) in [6, 6.07) is 15.7. The van der Waals surface area contributed by atoms with Gasteiger partial charge in [0.1, 0.15) is 25.4 Å². The zero-order valence-electron chi connectivity index (χ0n) is 28.4. The number of halogens is 4. The molecule has 1 N–H and O–H groups in total. The van der Waals surface area contributed by atoms with Crippen molar-refractivity contribution in [2.75, 3.05) is 39.6 Å². The molecule has 266 valence electrons. The Bertz CT molecular complexity index is 2170. The highest BCUT2D eigenvalue weighted by Gasteiger charge is 2.24. The van der Waals surface area contributed by atoms with E-state index in [2.05, 4.69) is 10.1 Å². The van der Waals surface area contributed by atoms with E-state index in [0.29, 0.717) is 52.7 Å². The first-order chi connectivity index (χ1) is 24.3. The van der Waals surface area contributed by atoms with Crippen molar-refractivity contribution in [3.05, 3.63) is 100 Å². The summed E-state index contributed by atoms with van der Waals surface area (Å²) >= 11 is 0. The first kappa shape index (κ1) is 36.6. The molecule has 0 spiro atoms. The summed E-state index contributed by atoms with van der Waals surface area (Å²) in [4.78, 5) is 39.4. The number of ether oxygens (including phenoxy) is 1. The lowest BCUT2D eigenvalue weighted by Gasteiger charge is -2.20. The Kier molecular flexibility index (Phi) is 11.1. The van der Waals surface area contributed by atoms with Crippen molar-refractivity contribution < 1.29 is 46.2 Å². The topological polar surface area (TPSA) is 115 Å². The number of anilines is 1. The number of carboxylic acids is 1. The molecule has 0 atom stereocenters. The number of rotatable bonds is 12. The van der Waals surface area contributed by atoms with Crippen LogP contribution in [0.2, 0.25) is 0 Å². The maximum atomic E-state index is 13.7. The number of hydrogen-bond donors (Lipinski definition) is 1. The van der Waals surface area contributed by atoms with Gasteiger partial charge in [0.2, 0.25) is 22.7 Å².